The highest BCUT2D eigenvalue weighted by Crippen LogP contribution is 2.52. The molecule has 5 N–H and O–H groups in total. The zero-order valence-corrected chi connectivity index (χ0v) is 28.0. The van der Waals surface area contributed by atoms with E-state index in [4.69, 9.17) is 41.9 Å². The molecule has 2 bridgehead atoms. The lowest BCUT2D eigenvalue weighted by molar-refractivity contribution is -0.159. The van der Waals surface area contributed by atoms with E-state index in [9.17, 15) is 9.59 Å². The van der Waals surface area contributed by atoms with Crippen molar-refractivity contribution in [1.29, 1.82) is 0 Å². The van der Waals surface area contributed by atoms with E-state index in [2.05, 4.69) is 28.1 Å². The normalized spacial score (nSPS) is 23.0. The summed E-state index contributed by atoms with van der Waals surface area (Å²) in [5.41, 5.74) is 6.90. The van der Waals surface area contributed by atoms with Crippen molar-refractivity contribution >= 4 is 41.0 Å². The van der Waals surface area contributed by atoms with E-state index in [1.165, 1.54) is 44.9 Å². The van der Waals surface area contributed by atoms with Gasteiger partial charge in [0.2, 0.25) is 11.8 Å². The number of fused-ring (bicyclic) bond motifs is 2. The number of anilines is 1. The number of halogens is 1. The van der Waals surface area contributed by atoms with E-state index < -0.39 is 11.9 Å². The standard InChI is InChI=1S/C32H51ClN4O3.C2H2O4/c1-2-3-4-5-6-7-8-9-19-40-28(22-35-32(39)30-25-14-13-24(20-25)29(30)31(34)38)23-36-15-17-37(18-16-36)27-12-10-11-26(33)21-27;3-1(4)2(5)6/h10-12,21,24-25,28-30H,2-9,13-20,22-23H2,1H3,(H2,34,38)(H,35,39);(H,3,4)(H,5,6)/t24-,25+,28?,29?,30?;/m1./s1. The molecule has 1 heterocycles. The Hall–Kier alpha value is -2.89. The minimum atomic E-state index is -1.82. The van der Waals surface area contributed by atoms with Crippen LogP contribution in [0, 0.1) is 23.7 Å². The summed E-state index contributed by atoms with van der Waals surface area (Å²) < 4.78 is 6.39. The first kappa shape index (κ1) is 37.6. The first-order chi connectivity index (χ1) is 22.1. The zero-order chi connectivity index (χ0) is 33.5. The number of aliphatic carboxylic acids is 2. The topological polar surface area (TPSA) is 162 Å². The van der Waals surface area contributed by atoms with Crippen LogP contribution in [-0.2, 0) is 23.9 Å². The van der Waals surface area contributed by atoms with Crippen LogP contribution in [0.1, 0.15) is 77.6 Å². The lowest BCUT2D eigenvalue weighted by Gasteiger charge is -2.37. The van der Waals surface area contributed by atoms with Crippen LogP contribution in [0.25, 0.3) is 0 Å². The number of piperazine rings is 1. The molecule has 258 valence electrons. The zero-order valence-electron chi connectivity index (χ0n) is 27.2. The van der Waals surface area contributed by atoms with Gasteiger partial charge in [0.05, 0.1) is 17.9 Å². The van der Waals surface area contributed by atoms with Crippen molar-refractivity contribution < 1.29 is 34.1 Å². The molecule has 46 heavy (non-hydrogen) atoms. The second kappa shape index (κ2) is 19.7. The average Bonchev–Trinajstić information content (AvgIpc) is 3.66. The van der Waals surface area contributed by atoms with Crippen LogP contribution in [0.4, 0.5) is 5.69 Å². The second-order valence-corrected chi connectivity index (χ2v) is 13.3. The van der Waals surface area contributed by atoms with Gasteiger partial charge < -0.3 is 30.9 Å². The van der Waals surface area contributed by atoms with Crippen molar-refractivity contribution in [1.82, 2.24) is 10.2 Å². The molecule has 1 aromatic carbocycles. The van der Waals surface area contributed by atoms with Crippen LogP contribution in [0.2, 0.25) is 5.02 Å². The largest absolute Gasteiger partial charge is 0.473 e. The van der Waals surface area contributed by atoms with Crippen LogP contribution in [0.3, 0.4) is 0 Å². The van der Waals surface area contributed by atoms with Crippen LogP contribution < -0.4 is 16.0 Å². The molecule has 4 rings (SSSR count). The molecule has 11 nitrogen and oxygen atoms in total. The Morgan fingerprint density at radius 3 is 2.13 bits per heavy atom. The van der Waals surface area contributed by atoms with Gasteiger partial charge in [0.1, 0.15) is 0 Å². The number of amides is 2. The molecule has 3 unspecified atom stereocenters. The third-order valence-electron chi connectivity index (χ3n) is 9.59. The monoisotopic (exact) mass is 664 g/mol. The van der Waals surface area contributed by atoms with Crippen molar-refractivity contribution in [2.75, 3.05) is 50.8 Å². The van der Waals surface area contributed by atoms with Crippen molar-refractivity contribution in [3.8, 4) is 0 Å². The summed E-state index contributed by atoms with van der Waals surface area (Å²) in [6, 6.07) is 8.05. The van der Waals surface area contributed by atoms with E-state index >= 15 is 0 Å². The maximum absolute atomic E-state index is 13.3. The minimum Gasteiger partial charge on any atom is -0.473 e. The summed E-state index contributed by atoms with van der Waals surface area (Å²) >= 11 is 6.21. The molecule has 1 aliphatic heterocycles. The lowest BCUT2D eigenvalue weighted by Crippen LogP contribution is -2.51. The number of nitrogens with one attached hydrogen (secondary N) is 1. The first-order valence-corrected chi connectivity index (χ1v) is 17.4. The lowest BCUT2D eigenvalue weighted by atomic mass is 9.78. The Morgan fingerprint density at radius 2 is 1.54 bits per heavy atom. The van der Waals surface area contributed by atoms with Crippen molar-refractivity contribution in [3.05, 3.63) is 29.3 Å². The summed E-state index contributed by atoms with van der Waals surface area (Å²) in [5, 5.41) is 18.7. The van der Waals surface area contributed by atoms with Gasteiger partial charge in [-0.05, 0) is 55.7 Å². The number of hydrogen-bond donors (Lipinski definition) is 4. The predicted molar refractivity (Wildman–Crippen MR) is 178 cm³/mol. The first-order valence-electron chi connectivity index (χ1n) is 17.0. The molecular formula is C34H53ClN4O7. The number of carboxylic acids is 2. The van der Waals surface area contributed by atoms with Gasteiger partial charge in [0.15, 0.2) is 0 Å². The van der Waals surface area contributed by atoms with Crippen molar-refractivity contribution in [3.63, 3.8) is 0 Å². The highest BCUT2D eigenvalue weighted by Gasteiger charge is 2.53. The van der Waals surface area contributed by atoms with Crippen LogP contribution in [-0.4, -0.2) is 90.8 Å². The van der Waals surface area contributed by atoms with E-state index in [1.807, 2.05) is 18.2 Å². The predicted octanol–water partition coefficient (Wildman–Crippen LogP) is 4.41. The van der Waals surface area contributed by atoms with Gasteiger partial charge in [-0.2, -0.15) is 0 Å². The van der Waals surface area contributed by atoms with Crippen LogP contribution in [0.15, 0.2) is 24.3 Å². The molecule has 2 aliphatic carbocycles. The smallest absolute Gasteiger partial charge is 0.414 e. The molecule has 2 saturated carbocycles. The van der Waals surface area contributed by atoms with Gasteiger partial charge in [-0.15, -0.1) is 0 Å². The summed E-state index contributed by atoms with van der Waals surface area (Å²) in [7, 11) is 0. The fourth-order valence-corrected chi connectivity index (χ4v) is 7.41. The Labute approximate surface area is 278 Å². The summed E-state index contributed by atoms with van der Waals surface area (Å²) in [5.74, 6) is -3.98. The molecular weight excluding hydrogens is 612 g/mol. The maximum atomic E-state index is 13.3. The van der Waals surface area contributed by atoms with Crippen LogP contribution >= 0.6 is 11.6 Å². The summed E-state index contributed by atoms with van der Waals surface area (Å²) in [6.07, 6.45) is 13.1. The number of rotatable bonds is 17. The van der Waals surface area contributed by atoms with Crippen molar-refractivity contribution in [2.24, 2.45) is 29.4 Å². The Kier molecular flexibility index (Phi) is 16.1. The van der Waals surface area contributed by atoms with Crippen LogP contribution in [0.5, 0.6) is 0 Å². The number of carboxylic acid groups (broad SMARTS) is 2. The average molecular weight is 665 g/mol. The van der Waals surface area contributed by atoms with E-state index in [0.717, 1.165) is 75.7 Å². The number of nitrogens with zero attached hydrogens (tertiary/aromatic N) is 2. The second-order valence-electron chi connectivity index (χ2n) is 12.9. The highest BCUT2D eigenvalue weighted by atomic mass is 35.5. The number of nitrogens with two attached hydrogens (primary N) is 1. The maximum Gasteiger partial charge on any atom is 0.414 e. The Bertz CT molecular complexity index is 1120. The molecule has 3 fully saturated rings. The van der Waals surface area contributed by atoms with Crippen molar-refractivity contribution in [2.45, 2.75) is 83.7 Å². The third-order valence-corrected chi connectivity index (χ3v) is 9.83. The van der Waals surface area contributed by atoms with Gasteiger partial charge in [0, 0.05) is 56.6 Å². The molecule has 5 atom stereocenters. The highest BCUT2D eigenvalue weighted by molar-refractivity contribution is 6.30. The fraction of sp³-hybridized carbons (Fsp3) is 0.706. The number of benzene rings is 1. The Balaban J connectivity index is 0.000000875. The molecule has 0 spiro atoms. The molecule has 0 radical (unpaired) electrons. The van der Waals surface area contributed by atoms with E-state index in [-0.39, 0.29) is 35.7 Å². The van der Waals surface area contributed by atoms with Gasteiger partial charge >= 0.3 is 11.9 Å². The molecule has 12 heteroatoms. The fourth-order valence-electron chi connectivity index (χ4n) is 7.22. The SMILES string of the molecule is CCCCCCCCCCOC(CNC(=O)C1C(C(N)=O)[C@@H]2CC[C@H]1C2)CN1CCN(c2cccc(Cl)c2)CC1.O=C(O)C(=O)O. The molecule has 1 aromatic rings. The van der Waals surface area contributed by atoms with Gasteiger partial charge in [0.25, 0.3) is 0 Å². The quantitative estimate of drug-likeness (QED) is 0.140. The van der Waals surface area contributed by atoms with E-state index in [1.54, 1.807) is 0 Å². The summed E-state index contributed by atoms with van der Waals surface area (Å²) in [4.78, 5) is 48.5. The number of ether oxygens (including phenoxy) is 1. The number of hydrogen-bond acceptors (Lipinski definition) is 7. The van der Waals surface area contributed by atoms with E-state index in [0.29, 0.717) is 12.5 Å². The molecule has 0 aromatic heterocycles. The minimum absolute atomic E-state index is 0.0116. The Morgan fingerprint density at radius 1 is 0.935 bits per heavy atom. The number of carbonyl (C=O) groups is 4. The molecule has 2 amide bonds. The summed E-state index contributed by atoms with van der Waals surface area (Å²) in [6.45, 7) is 7.98. The van der Waals surface area contributed by atoms with Gasteiger partial charge in [-0.25, -0.2) is 9.59 Å². The van der Waals surface area contributed by atoms with Gasteiger partial charge in [-0.3, -0.25) is 14.5 Å². The number of carbonyl (C=O) groups excluding carboxylic acids is 2. The molecule has 3 aliphatic rings. The molecule has 1 saturated heterocycles. The van der Waals surface area contributed by atoms with Gasteiger partial charge in [-0.1, -0.05) is 69.5 Å². The third kappa shape index (κ3) is 12.0. The number of primary amides is 1. The number of unbranched alkanes of at least 4 members (excludes halogenated alkanes) is 7.